The Morgan fingerprint density at radius 3 is 2.88 bits per heavy atom. The summed E-state index contributed by atoms with van der Waals surface area (Å²) < 4.78 is 5.47. The van der Waals surface area contributed by atoms with Crippen LogP contribution in [0.3, 0.4) is 0 Å². The van der Waals surface area contributed by atoms with Crippen molar-refractivity contribution in [2.45, 2.75) is 39.0 Å². The zero-order valence-electron chi connectivity index (χ0n) is 9.83. The topological polar surface area (TPSA) is 21.3 Å². The maximum Gasteiger partial charge on any atom is 0.0725 e. The average molecular weight is 217 g/mol. The second-order valence-electron chi connectivity index (χ2n) is 4.89. The summed E-state index contributed by atoms with van der Waals surface area (Å²) in [7, 11) is 0. The first-order valence-corrected chi connectivity index (χ1v) is 6.31. The predicted octanol–water partition coefficient (Wildman–Crippen LogP) is 2.78. The minimum absolute atomic E-state index is 0.566. The van der Waals surface area contributed by atoms with E-state index >= 15 is 0 Å². The van der Waals surface area contributed by atoms with Crippen LogP contribution in [-0.4, -0.2) is 6.54 Å². The van der Waals surface area contributed by atoms with Crippen molar-refractivity contribution in [1.29, 1.82) is 0 Å². The molecular weight excluding hydrogens is 198 g/mol. The minimum atomic E-state index is 0.566. The molecule has 16 heavy (non-hydrogen) atoms. The van der Waals surface area contributed by atoms with Crippen LogP contribution in [0.2, 0.25) is 0 Å². The maximum absolute atomic E-state index is 5.47. The first-order chi connectivity index (χ1) is 7.88. The van der Waals surface area contributed by atoms with Gasteiger partial charge >= 0.3 is 0 Å². The molecule has 1 heterocycles. The summed E-state index contributed by atoms with van der Waals surface area (Å²) in [6, 6.07) is 7.42. The number of benzene rings is 1. The molecule has 1 aromatic rings. The van der Waals surface area contributed by atoms with Crippen molar-refractivity contribution in [3.05, 3.63) is 34.9 Å². The van der Waals surface area contributed by atoms with Gasteiger partial charge in [0, 0.05) is 6.04 Å². The zero-order chi connectivity index (χ0) is 11.0. The molecule has 1 N–H and O–H groups in total. The normalized spacial score (nSPS) is 20.8. The third-order valence-corrected chi connectivity index (χ3v) is 3.62. The molecule has 0 amide bonds. The molecule has 1 fully saturated rings. The molecule has 0 spiro atoms. The Morgan fingerprint density at radius 1 is 1.31 bits per heavy atom. The van der Waals surface area contributed by atoms with E-state index in [9.17, 15) is 0 Å². The van der Waals surface area contributed by atoms with E-state index in [1.165, 1.54) is 29.5 Å². The lowest BCUT2D eigenvalue weighted by atomic mass is 9.98. The van der Waals surface area contributed by atoms with Crippen molar-refractivity contribution in [2.75, 3.05) is 6.54 Å². The summed E-state index contributed by atoms with van der Waals surface area (Å²) in [4.78, 5) is 0. The van der Waals surface area contributed by atoms with Crippen LogP contribution in [0, 0.1) is 5.92 Å². The smallest absolute Gasteiger partial charge is 0.0725 e. The Labute approximate surface area is 97.0 Å². The highest BCUT2D eigenvalue weighted by Gasteiger charge is 2.32. The number of fused-ring (bicyclic) bond motifs is 1. The summed E-state index contributed by atoms with van der Waals surface area (Å²) >= 11 is 0. The molecular formula is C14H19NO. The molecule has 0 bridgehead atoms. The Morgan fingerprint density at radius 2 is 2.12 bits per heavy atom. The molecule has 1 aliphatic heterocycles. The number of ether oxygens (including phenoxy) is 1. The van der Waals surface area contributed by atoms with E-state index in [-0.39, 0.29) is 0 Å². The molecule has 86 valence electrons. The molecule has 3 rings (SSSR count). The zero-order valence-corrected chi connectivity index (χ0v) is 9.83. The largest absolute Gasteiger partial charge is 0.372 e. The Bertz CT molecular complexity index is 384. The fraction of sp³-hybridized carbons (Fsp3) is 0.571. The van der Waals surface area contributed by atoms with Gasteiger partial charge in [-0.2, -0.15) is 0 Å². The lowest BCUT2D eigenvalue weighted by Crippen LogP contribution is -2.22. The van der Waals surface area contributed by atoms with Crippen LogP contribution in [0.15, 0.2) is 18.2 Å². The monoisotopic (exact) mass is 217 g/mol. The summed E-state index contributed by atoms with van der Waals surface area (Å²) in [5.41, 5.74) is 4.21. The molecule has 1 atom stereocenters. The lowest BCUT2D eigenvalue weighted by Gasteiger charge is -2.18. The van der Waals surface area contributed by atoms with E-state index in [4.69, 9.17) is 4.74 Å². The van der Waals surface area contributed by atoms with Gasteiger partial charge in [-0.3, -0.25) is 0 Å². The van der Waals surface area contributed by atoms with Crippen LogP contribution in [-0.2, 0) is 18.0 Å². The third-order valence-electron chi connectivity index (χ3n) is 3.62. The highest BCUT2D eigenvalue weighted by molar-refractivity contribution is 5.35. The summed E-state index contributed by atoms with van der Waals surface area (Å²) in [6.45, 7) is 4.83. The van der Waals surface area contributed by atoms with Gasteiger partial charge in [0.05, 0.1) is 13.2 Å². The Balaban J connectivity index is 1.86. The predicted molar refractivity (Wildman–Crippen MR) is 64.1 cm³/mol. The lowest BCUT2D eigenvalue weighted by molar-refractivity contribution is 0.134. The number of hydrogen-bond acceptors (Lipinski definition) is 2. The molecule has 0 saturated heterocycles. The van der Waals surface area contributed by atoms with Crippen molar-refractivity contribution >= 4 is 0 Å². The van der Waals surface area contributed by atoms with Crippen LogP contribution >= 0.6 is 0 Å². The standard InChI is InChI=1S/C14H19NO/c1-2-15-14(10-3-4-10)11-5-6-12-8-16-9-13(12)7-11/h5-7,10,14-15H,2-4,8-9H2,1H3. The summed E-state index contributed by atoms with van der Waals surface area (Å²) in [6.07, 6.45) is 2.76. The second-order valence-corrected chi connectivity index (χ2v) is 4.89. The van der Waals surface area contributed by atoms with Gasteiger partial charge in [0.2, 0.25) is 0 Å². The molecule has 2 aliphatic rings. The molecule has 0 radical (unpaired) electrons. The van der Waals surface area contributed by atoms with Gasteiger partial charge in [-0.25, -0.2) is 0 Å². The minimum Gasteiger partial charge on any atom is -0.372 e. The molecule has 1 aliphatic carbocycles. The van der Waals surface area contributed by atoms with E-state index in [0.29, 0.717) is 6.04 Å². The highest BCUT2D eigenvalue weighted by atomic mass is 16.5. The van der Waals surface area contributed by atoms with E-state index in [1.54, 1.807) is 0 Å². The van der Waals surface area contributed by atoms with Gasteiger partial charge in [0.25, 0.3) is 0 Å². The molecule has 1 saturated carbocycles. The summed E-state index contributed by atoms with van der Waals surface area (Å²) in [5.74, 6) is 0.861. The van der Waals surface area contributed by atoms with Gasteiger partial charge in [-0.1, -0.05) is 25.1 Å². The first kappa shape index (κ1) is 10.3. The SMILES string of the molecule is CCNC(c1ccc2c(c1)COC2)C1CC1. The molecule has 1 aromatic carbocycles. The first-order valence-electron chi connectivity index (χ1n) is 6.31. The van der Waals surface area contributed by atoms with Crippen LogP contribution < -0.4 is 5.32 Å². The third kappa shape index (κ3) is 1.87. The Hall–Kier alpha value is -0.860. The van der Waals surface area contributed by atoms with Crippen LogP contribution in [0.1, 0.15) is 42.5 Å². The van der Waals surface area contributed by atoms with Gasteiger partial charge < -0.3 is 10.1 Å². The van der Waals surface area contributed by atoms with Crippen molar-refractivity contribution in [3.63, 3.8) is 0 Å². The van der Waals surface area contributed by atoms with Crippen molar-refractivity contribution in [2.24, 2.45) is 5.92 Å². The average Bonchev–Trinajstić information content (AvgIpc) is 3.03. The number of nitrogens with one attached hydrogen (secondary N) is 1. The van der Waals surface area contributed by atoms with Crippen molar-refractivity contribution in [1.82, 2.24) is 5.32 Å². The quantitative estimate of drug-likeness (QED) is 0.837. The van der Waals surface area contributed by atoms with E-state index in [0.717, 1.165) is 25.7 Å². The van der Waals surface area contributed by atoms with Crippen LogP contribution in [0.5, 0.6) is 0 Å². The molecule has 2 heteroatoms. The van der Waals surface area contributed by atoms with Crippen LogP contribution in [0.25, 0.3) is 0 Å². The fourth-order valence-corrected chi connectivity index (χ4v) is 2.59. The maximum atomic E-state index is 5.47. The van der Waals surface area contributed by atoms with Gasteiger partial charge in [0.15, 0.2) is 0 Å². The van der Waals surface area contributed by atoms with Crippen molar-refractivity contribution < 1.29 is 4.74 Å². The fourth-order valence-electron chi connectivity index (χ4n) is 2.59. The van der Waals surface area contributed by atoms with E-state index in [1.807, 2.05) is 0 Å². The molecule has 2 nitrogen and oxygen atoms in total. The van der Waals surface area contributed by atoms with Gasteiger partial charge in [-0.05, 0) is 42.0 Å². The molecule has 0 aromatic heterocycles. The molecule has 1 unspecified atom stereocenters. The summed E-state index contributed by atoms with van der Waals surface area (Å²) in [5, 5.41) is 3.61. The number of hydrogen-bond donors (Lipinski definition) is 1. The van der Waals surface area contributed by atoms with Gasteiger partial charge in [-0.15, -0.1) is 0 Å². The Kier molecular flexibility index (Phi) is 2.70. The van der Waals surface area contributed by atoms with E-state index < -0.39 is 0 Å². The van der Waals surface area contributed by atoms with E-state index in [2.05, 4.69) is 30.4 Å². The van der Waals surface area contributed by atoms with Gasteiger partial charge in [0.1, 0.15) is 0 Å². The van der Waals surface area contributed by atoms with Crippen molar-refractivity contribution in [3.8, 4) is 0 Å². The van der Waals surface area contributed by atoms with Crippen LogP contribution in [0.4, 0.5) is 0 Å². The number of rotatable bonds is 4. The highest BCUT2D eigenvalue weighted by Crippen LogP contribution is 2.41. The second kappa shape index (κ2) is 4.19.